The average molecular weight is 308 g/mol. The van der Waals surface area contributed by atoms with Crippen molar-refractivity contribution in [3.8, 4) is 0 Å². The molecule has 0 aliphatic carbocycles. The predicted octanol–water partition coefficient (Wildman–Crippen LogP) is 3.62. The third kappa shape index (κ3) is 4.65. The molecule has 0 spiro atoms. The van der Waals surface area contributed by atoms with Crippen LogP contribution in [0.3, 0.4) is 0 Å². The fraction of sp³-hybridized carbons (Fsp3) is 0.571. The van der Waals surface area contributed by atoms with E-state index in [1.165, 1.54) is 6.07 Å². The SMILES string of the molecule is FC(F)(F)c1cc(Cl)cc(CCCN2CCOCC2)c1. The minimum absolute atomic E-state index is 0.140. The van der Waals surface area contributed by atoms with Crippen LogP contribution in [0.1, 0.15) is 17.5 Å². The number of hydrogen-bond donors (Lipinski definition) is 0. The van der Waals surface area contributed by atoms with Crippen molar-refractivity contribution in [2.24, 2.45) is 0 Å². The molecule has 20 heavy (non-hydrogen) atoms. The minimum Gasteiger partial charge on any atom is -0.379 e. The van der Waals surface area contributed by atoms with Crippen LogP contribution < -0.4 is 0 Å². The minimum atomic E-state index is -4.34. The summed E-state index contributed by atoms with van der Waals surface area (Å²) in [7, 11) is 0. The Balaban J connectivity index is 1.90. The normalized spacial score (nSPS) is 17.4. The van der Waals surface area contributed by atoms with Gasteiger partial charge in [0.05, 0.1) is 18.8 Å². The first kappa shape index (κ1) is 15.6. The second-order valence-corrected chi connectivity index (χ2v) is 5.34. The van der Waals surface area contributed by atoms with Crippen molar-refractivity contribution in [3.63, 3.8) is 0 Å². The Kier molecular flexibility index (Phi) is 5.29. The molecular formula is C14H17ClF3NO. The molecule has 1 aliphatic heterocycles. The predicted molar refractivity (Wildman–Crippen MR) is 72.0 cm³/mol. The first-order chi connectivity index (χ1) is 9.45. The molecule has 0 N–H and O–H groups in total. The van der Waals surface area contributed by atoms with Crippen LogP contribution in [0.5, 0.6) is 0 Å². The lowest BCUT2D eigenvalue weighted by Crippen LogP contribution is -2.36. The van der Waals surface area contributed by atoms with E-state index in [0.717, 1.165) is 45.3 Å². The van der Waals surface area contributed by atoms with E-state index in [1.54, 1.807) is 6.07 Å². The van der Waals surface area contributed by atoms with E-state index in [2.05, 4.69) is 4.90 Å². The summed E-state index contributed by atoms with van der Waals surface area (Å²) in [5.41, 5.74) is -0.0375. The van der Waals surface area contributed by atoms with Gasteiger partial charge in [-0.25, -0.2) is 0 Å². The molecule has 0 amide bonds. The Morgan fingerprint density at radius 1 is 1.15 bits per heavy atom. The smallest absolute Gasteiger partial charge is 0.379 e. The van der Waals surface area contributed by atoms with Crippen molar-refractivity contribution in [2.75, 3.05) is 32.8 Å². The van der Waals surface area contributed by atoms with Crippen LogP contribution in [-0.2, 0) is 17.3 Å². The monoisotopic (exact) mass is 307 g/mol. The van der Waals surface area contributed by atoms with Crippen molar-refractivity contribution >= 4 is 11.6 Å². The first-order valence-corrected chi connectivity index (χ1v) is 7.00. The van der Waals surface area contributed by atoms with E-state index >= 15 is 0 Å². The highest BCUT2D eigenvalue weighted by molar-refractivity contribution is 6.30. The van der Waals surface area contributed by atoms with E-state index in [-0.39, 0.29) is 5.02 Å². The number of ether oxygens (including phenoxy) is 1. The van der Waals surface area contributed by atoms with Crippen LogP contribution in [0.2, 0.25) is 5.02 Å². The molecule has 0 atom stereocenters. The Bertz CT molecular complexity index is 445. The number of halogens is 4. The molecule has 0 saturated carbocycles. The van der Waals surface area contributed by atoms with Crippen LogP contribution in [0.4, 0.5) is 13.2 Å². The van der Waals surface area contributed by atoms with E-state index < -0.39 is 11.7 Å². The highest BCUT2D eigenvalue weighted by Crippen LogP contribution is 2.32. The van der Waals surface area contributed by atoms with Gasteiger partial charge < -0.3 is 4.74 Å². The van der Waals surface area contributed by atoms with E-state index in [9.17, 15) is 13.2 Å². The molecule has 1 aliphatic rings. The number of aryl methyl sites for hydroxylation is 1. The maximum Gasteiger partial charge on any atom is 0.416 e. The van der Waals surface area contributed by atoms with Gasteiger partial charge in [-0.1, -0.05) is 11.6 Å². The van der Waals surface area contributed by atoms with E-state index in [0.29, 0.717) is 12.0 Å². The number of nitrogens with zero attached hydrogens (tertiary/aromatic N) is 1. The summed E-state index contributed by atoms with van der Waals surface area (Å²) in [4.78, 5) is 2.26. The summed E-state index contributed by atoms with van der Waals surface area (Å²) in [5.74, 6) is 0. The summed E-state index contributed by atoms with van der Waals surface area (Å²) in [6, 6.07) is 3.76. The third-order valence-electron chi connectivity index (χ3n) is 3.33. The molecule has 6 heteroatoms. The maximum atomic E-state index is 12.7. The van der Waals surface area contributed by atoms with Crippen LogP contribution in [0.25, 0.3) is 0 Å². The van der Waals surface area contributed by atoms with Crippen LogP contribution in [0.15, 0.2) is 18.2 Å². The summed E-state index contributed by atoms with van der Waals surface area (Å²) in [6.45, 7) is 4.12. The van der Waals surface area contributed by atoms with Crippen molar-refractivity contribution in [1.29, 1.82) is 0 Å². The zero-order valence-corrected chi connectivity index (χ0v) is 11.8. The largest absolute Gasteiger partial charge is 0.416 e. The molecule has 0 unspecified atom stereocenters. The number of hydrogen-bond acceptors (Lipinski definition) is 2. The average Bonchev–Trinajstić information content (AvgIpc) is 2.38. The zero-order valence-electron chi connectivity index (χ0n) is 11.0. The standard InChI is InChI=1S/C14H17ClF3NO/c15-13-9-11(8-12(10-13)14(16,17)18)2-1-3-19-4-6-20-7-5-19/h8-10H,1-7H2. The van der Waals surface area contributed by atoms with Crippen LogP contribution >= 0.6 is 11.6 Å². The lowest BCUT2D eigenvalue weighted by Gasteiger charge is -2.26. The maximum absolute atomic E-state index is 12.7. The lowest BCUT2D eigenvalue weighted by molar-refractivity contribution is -0.137. The molecule has 2 nitrogen and oxygen atoms in total. The number of morpholine rings is 1. The van der Waals surface area contributed by atoms with Crippen molar-refractivity contribution < 1.29 is 17.9 Å². The molecule has 0 aromatic heterocycles. The molecule has 1 saturated heterocycles. The third-order valence-corrected chi connectivity index (χ3v) is 3.55. The van der Waals surface area contributed by atoms with Gasteiger partial charge in [0.25, 0.3) is 0 Å². The summed E-state index contributed by atoms with van der Waals surface area (Å²) in [6.07, 6.45) is -2.93. The highest BCUT2D eigenvalue weighted by atomic mass is 35.5. The van der Waals surface area contributed by atoms with Gasteiger partial charge in [0.2, 0.25) is 0 Å². The zero-order chi connectivity index (χ0) is 14.6. The molecule has 0 bridgehead atoms. The Labute approximate surface area is 121 Å². The van der Waals surface area contributed by atoms with Crippen molar-refractivity contribution in [1.82, 2.24) is 4.90 Å². The lowest BCUT2D eigenvalue weighted by atomic mass is 10.1. The number of benzene rings is 1. The molecule has 1 fully saturated rings. The topological polar surface area (TPSA) is 12.5 Å². The second kappa shape index (κ2) is 6.78. The molecule has 1 heterocycles. The quantitative estimate of drug-likeness (QED) is 0.842. The number of alkyl halides is 3. The molecular weight excluding hydrogens is 291 g/mol. The Morgan fingerprint density at radius 2 is 1.85 bits per heavy atom. The summed E-state index contributed by atoms with van der Waals surface area (Å²) < 4.78 is 43.3. The second-order valence-electron chi connectivity index (χ2n) is 4.90. The van der Waals surface area contributed by atoms with Gasteiger partial charge in [-0.3, -0.25) is 4.90 Å². The first-order valence-electron chi connectivity index (χ1n) is 6.62. The van der Waals surface area contributed by atoms with E-state index in [4.69, 9.17) is 16.3 Å². The van der Waals surface area contributed by atoms with Gasteiger partial charge in [-0.05, 0) is 43.1 Å². The molecule has 1 aromatic rings. The van der Waals surface area contributed by atoms with Crippen LogP contribution in [-0.4, -0.2) is 37.7 Å². The van der Waals surface area contributed by atoms with Gasteiger partial charge in [0.1, 0.15) is 0 Å². The van der Waals surface area contributed by atoms with Gasteiger partial charge >= 0.3 is 6.18 Å². The van der Waals surface area contributed by atoms with Gasteiger partial charge in [0, 0.05) is 18.1 Å². The molecule has 2 rings (SSSR count). The van der Waals surface area contributed by atoms with Gasteiger partial charge in [-0.15, -0.1) is 0 Å². The molecule has 112 valence electrons. The Morgan fingerprint density at radius 3 is 2.50 bits per heavy atom. The van der Waals surface area contributed by atoms with Gasteiger partial charge in [0.15, 0.2) is 0 Å². The fourth-order valence-corrected chi connectivity index (χ4v) is 2.55. The van der Waals surface area contributed by atoms with Crippen molar-refractivity contribution in [2.45, 2.75) is 19.0 Å². The Hall–Kier alpha value is -0.780. The summed E-state index contributed by atoms with van der Waals surface area (Å²) in [5, 5.41) is 0.140. The molecule has 1 aromatic carbocycles. The highest BCUT2D eigenvalue weighted by Gasteiger charge is 2.31. The summed E-state index contributed by atoms with van der Waals surface area (Å²) >= 11 is 5.76. The van der Waals surface area contributed by atoms with Crippen LogP contribution in [0, 0.1) is 0 Å². The fourth-order valence-electron chi connectivity index (χ4n) is 2.29. The van der Waals surface area contributed by atoms with E-state index in [1.807, 2.05) is 0 Å². The van der Waals surface area contributed by atoms with Crippen molar-refractivity contribution in [3.05, 3.63) is 34.3 Å². The van der Waals surface area contributed by atoms with Gasteiger partial charge in [-0.2, -0.15) is 13.2 Å². The molecule has 0 radical (unpaired) electrons. The number of rotatable bonds is 4.